The van der Waals surface area contributed by atoms with Crippen LogP contribution in [0.3, 0.4) is 0 Å². The van der Waals surface area contributed by atoms with Crippen molar-refractivity contribution < 1.29 is 14.3 Å². The number of halogens is 1. The van der Waals surface area contributed by atoms with E-state index in [4.69, 9.17) is 4.74 Å². The van der Waals surface area contributed by atoms with E-state index in [2.05, 4.69) is 36.7 Å². The summed E-state index contributed by atoms with van der Waals surface area (Å²) < 4.78 is 6.27. The Kier molecular flexibility index (Phi) is 10.6. The summed E-state index contributed by atoms with van der Waals surface area (Å²) in [5.74, 6) is 0.523. The van der Waals surface area contributed by atoms with Crippen molar-refractivity contribution in [3.63, 3.8) is 0 Å². The fraction of sp³-hybridized carbons (Fsp3) is 0.423. The predicted molar refractivity (Wildman–Crippen MR) is 138 cm³/mol. The SMILES string of the molecule is COc1ccc(Br)cc1C=NNC(=O)C(CCCCNC(=O)c1ccccc1)N1CCCCC1. The number of hydrogen-bond donors (Lipinski definition) is 2. The van der Waals surface area contributed by atoms with Gasteiger partial charge in [0.15, 0.2) is 0 Å². The van der Waals surface area contributed by atoms with Crippen molar-refractivity contribution in [3.8, 4) is 5.75 Å². The van der Waals surface area contributed by atoms with Crippen molar-refractivity contribution >= 4 is 34.0 Å². The maximum absolute atomic E-state index is 13.0. The molecule has 8 heteroatoms. The number of ether oxygens (including phenoxy) is 1. The molecule has 0 aromatic heterocycles. The maximum atomic E-state index is 13.0. The van der Waals surface area contributed by atoms with Crippen molar-refractivity contribution in [3.05, 3.63) is 64.1 Å². The molecule has 2 amide bonds. The monoisotopic (exact) mass is 528 g/mol. The number of nitrogens with one attached hydrogen (secondary N) is 2. The van der Waals surface area contributed by atoms with Crippen LogP contribution in [0.15, 0.2) is 58.1 Å². The van der Waals surface area contributed by atoms with E-state index < -0.39 is 0 Å². The number of likely N-dealkylation sites (tertiary alicyclic amines) is 1. The minimum absolute atomic E-state index is 0.0664. The van der Waals surface area contributed by atoms with E-state index in [9.17, 15) is 9.59 Å². The number of nitrogens with zero attached hydrogens (tertiary/aromatic N) is 2. The first-order chi connectivity index (χ1) is 16.6. The number of piperidine rings is 1. The fourth-order valence-electron chi connectivity index (χ4n) is 4.11. The smallest absolute Gasteiger partial charge is 0.257 e. The normalized spacial score (nSPS) is 15.1. The van der Waals surface area contributed by atoms with Gasteiger partial charge in [0.1, 0.15) is 5.75 Å². The molecule has 1 saturated heterocycles. The Morgan fingerprint density at radius 2 is 1.88 bits per heavy atom. The van der Waals surface area contributed by atoms with Crippen molar-refractivity contribution in [1.29, 1.82) is 0 Å². The van der Waals surface area contributed by atoms with E-state index in [1.807, 2.05) is 36.4 Å². The number of rotatable bonds is 11. The van der Waals surface area contributed by atoms with Crippen LogP contribution in [0.1, 0.15) is 54.4 Å². The van der Waals surface area contributed by atoms with Gasteiger partial charge in [0.2, 0.25) is 0 Å². The number of amides is 2. The van der Waals surface area contributed by atoms with E-state index in [0.717, 1.165) is 55.2 Å². The zero-order valence-corrected chi connectivity index (χ0v) is 21.2. The summed E-state index contributed by atoms with van der Waals surface area (Å²) in [6.07, 6.45) is 7.40. The molecule has 182 valence electrons. The number of carbonyl (C=O) groups is 2. The van der Waals surface area contributed by atoms with Gasteiger partial charge in [0.25, 0.3) is 11.8 Å². The van der Waals surface area contributed by atoms with Gasteiger partial charge in [-0.15, -0.1) is 0 Å². The molecule has 3 rings (SSSR count). The Bertz CT molecular complexity index is 962. The number of benzene rings is 2. The molecule has 1 aliphatic rings. The third-order valence-corrected chi connectivity index (χ3v) is 6.42. The Labute approximate surface area is 210 Å². The highest BCUT2D eigenvalue weighted by molar-refractivity contribution is 9.10. The number of hydrogen-bond acceptors (Lipinski definition) is 5. The molecule has 1 heterocycles. The van der Waals surface area contributed by atoms with Crippen LogP contribution in [-0.2, 0) is 4.79 Å². The van der Waals surface area contributed by atoms with Crippen LogP contribution in [0, 0.1) is 0 Å². The van der Waals surface area contributed by atoms with Crippen LogP contribution in [0.5, 0.6) is 5.75 Å². The van der Waals surface area contributed by atoms with Crippen LogP contribution in [0.2, 0.25) is 0 Å². The molecular formula is C26H33BrN4O3. The lowest BCUT2D eigenvalue weighted by atomic mass is 10.0. The molecule has 2 aromatic carbocycles. The van der Waals surface area contributed by atoms with Gasteiger partial charge in [0, 0.05) is 22.1 Å². The molecule has 1 aliphatic heterocycles. The van der Waals surface area contributed by atoms with Gasteiger partial charge >= 0.3 is 0 Å². The standard InChI is InChI=1S/C26H33BrN4O3/c1-34-24-14-13-22(27)18-21(24)19-29-30-26(33)23(31-16-8-3-9-17-31)12-6-7-15-28-25(32)20-10-4-2-5-11-20/h2,4-5,10-11,13-14,18-19,23H,3,6-9,12,15-17H2,1H3,(H,28,32)(H,30,33). The molecular weight excluding hydrogens is 496 g/mol. The fourth-order valence-corrected chi connectivity index (χ4v) is 4.49. The van der Waals surface area contributed by atoms with Gasteiger partial charge < -0.3 is 10.1 Å². The second-order valence-corrected chi connectivity index (χ2v) is 9.27. The summed E-state index contributed by atoms with van der Waals surface area (Å²) in [7, 11) is 1.60. The molecule has 2 aromatic rings. The van der Waals surface area contributed by atoms with E-state index in [-0.39, 0.29) is 17.9 Å². The van der Waals surface area contributed by atoms with Gasteiger partial charge in [-0.2, -0.15) is 5.10 Å². The predicted octanol–water partition coefficient (Wildman–Crippen LogP) is 4.36. The second-order valence-electron chi connectivity index (χ2n) is 8.35. The molecule has 1 atom stereocenters. The number of methoxy groups -OCH3 is 1. The third-order valence-electron chi connectivity index (χ3n) is 5.93. The van der Waals surface area contributed by atoms with Crippen LogP contribution >= 0.6 is 15.9 Å². The summed E-state index contributed by atoms with van der Waals surface area (Å²) >= 11 is 3.45. The lowest BCUT2D eigenvalue weighted by molar-refractivity contribution is -0.127. The minimum atomic E-state index is -0.230. The van der Waals surface area contributed by atoms with Gasteiger partial charge in [0.05, 0.1) is 19.4 Å². The van der Waals surface area contributed by atoms with Crippen molar-refractivity contribution in [1.82, 2.24) is 15.6 Å². The maximum Gasteiger partial charge on any atom is 0.257 e. The van der Waals surface area contributed by atoms with Crippen molar-refractivity contribution in [2.24, 2.45) is 5.10 Å². The Hall–Kier alpha value is -2.71. The molecule has 0 bridgehead atoms. The highest BCUT2D eigenvalue weighted by Gasteiger charge is 2.26. The zero-order valence-electron chi connectivity index (χ0n) is 19.6. The Morgan fingerprint density at radius 1 is 1.12 bits per heavy atom. The summed E-state index contributed by atoms with van der Waals surface area (Å²) in [6.45, 7) is 2.43. The second kappa shape index (κ2) is 13.9. The lowest BCUT2D eigenvalue weighted by Gasteiger charge is -2.33. The third kappa shape index (κ3) is 7.95. The highest BCUT2D eigenvalue weighted by Crippen LogP contribution is 2.21. The Balaban J connectivity index is 1.51. The van der Waals surface area contributed by atoms with E-state index in [0.29, 0.717) is 17.9 Å². The largest absolute Gasteiger partial charge is 0.496 e. The molecule has 1 unspecified atom stereocenters. The van der Waals surface area contributed by atoms with Gasteiger partial charge in [-0.1, -0.05) is 40.5 Å². The zero-order chi connectivity index (χ0) is 24.2. The quantitative estimate of drug-likeness (QED) is 0.258. The molecule has 7 nitrogen and oxygen atoms in total. The average molecular weight is 529 g/mol. The summed E-state index contributed by atoms with van der Waals surface area (Å²) in [4.78, 5) is 27.5. The van der Waals surface area contributed by atoms with Crippen LogP contribution in [0.25, 0.3) is 0 Å². The number of carbonyl (C=O) groups excluding carboxylic acids is 2. The minimum Gasteiger partial charge on any atom is -0.496 e. The van der Waals surface area contributed by atoms with Crippen molar-refractivity contribution in [2.75, 3.05) is 26.7 Å². The first-order valence-electron chi connectivity index (χ1n) is 11.8. The molecule has 0 saturated carbocycles. The van der Waals surface area contributed by atoms with E-state index in [1.54, 1.807) is 25.5 Å². The molecule has 0 aliphatic carbocycles. The molecule has 0 radical (unpaired) electrons. The first-order valence-corrected chi connectivity index (χ1v) is 12.6. The Morgan fingerprint density at radius 3 is 2.62 bits per heavy atom. The molecule has 2 N–H and O–H groups in total. The summed E-state index contributed by atoms with van der Waals surface area (Å²) in [6, 6.07) is 14.6. The topological polar surface area (TPSA) is 83.0 Å². The van der Waals surface area contributed by atoms with E-state index in [1.165, 1.54) is 6.42 Å². The van der Waals surface area contributed by atoms with Crippen LogP contribution < -0.4 is 15.5 Å². The average Bonchev–Trinajstić information content (AvgIpc) is 2.87. The summed E-state index contributed by atoms with van der Waals surface area (Å²) in [5.41, 5.74) is 4.17. The van der Waals surface area contributed by atoms with Gasteiger partial charge in [-0.3, -0.25) is 14.5 Å². The van der Waals surface area contributed by atoms with Gasteiger partial charge in [-0.05, 0) is 75.5 Å². The first kappa shape index (κ1) is 25.9. The van der Waals surface area contributed by atoms with Crippen LogP contribution in [0.4, 0.5) is 0 Å². The summed E-state index contributed by atoms with van der Waals surface area (Å²) in [5, 5.41) is 7.16. The highest BCUT2D eigenvalue weighted by atomic mass is 79.9. The van der Waals surface area contributed by atoms with Crippen LogP contribution in [-0.4, -0.2) is 55.7 Å². The number of unbranched alkanes of at least 4 members (excludes halogenated alkanes) is 1. The lowest BCUT2D eigenvalue weighted by Crippen LogP contribution is -2.47. The van der Waals surface area contributed by atoms with E-state index >= 15 is 0 Å². The molecule has 1 fully saturated rings. The van der Waals surface area contributed by atoms with Crippen molar-refractivity contribution in [2.45, 2.75) is 44.6 Å². The van der Waals surface area contributed by atoms with Gasteiger partial charge in [-0.25, -0.2) is 5.43 Å². The molecule has 34 heavy (non-hydrogen) atoms. The molecule has 0 spiro atoms. The number of hydrazone groups is 1.